The van der Waals surface area contributed by atoms with Crippen molar-refractivity contribution in [1.29, 1.82) is 0 Å². The molecule has 32 heavy (non-hydrogen) atoms. The number of rotatable bonds is 3. The zero-order valence-corrected chi connectivity index (χ0v) is 16.6. The van der Waals surface area contributed by atoms with Gasteiger partial charge in [-0.25, -0.2) is 0 Å². The molecule has 1 heterocycles. The molecule has 0 bridgehead atoms. The number of phenols is 3. The SMILES string of the molecule is Cc1cc2c(c(O[C@@H]3O[C@H](CO)[C@@H](O)[C@H](O)[C@H]3O)c1O)C(=O)c1c(O)cc(O)cc1C2=O. The van der Waals surface area contributed by atoms with E-state index < -0.39 is 83.0 Å². The Kier molecular flexibility index (Phi) is 5.31. The maximum Gasteiger partial charge on any atom is 0.229 e. The lowest BCUT2D eigenvalue weighted by Crippen LogP contribution is -2.60. The van der Waals surface area contributed by atoms with Crippen molar-refractivity contribution >= 4 is 11.6 Å². The van der Waals surface area contributed by atoms with Gasteiger partial charge in [0.1, 0.15) is 35.9 Å². The van der Waals surface area contributed by atoms with Crippen LogP contribution in [-0.4, -0.2) is 84.6 Å². The third-order valence-corrected chi connectivity index (χ3v) is 5.57. The first-order chi connectivity index (χ1) is 15.1. The molecule has 170 valence electrons. The van der Waals surface area contributed by atoms with Crippen LogP contribution in [0.2, 0.25) is 0 Å². The molecule has 5 atom stereocenters. The first kappa shape index (κ1) is 22.0. The number of aliphatic hydroxyl groups excluding tert-OH is 4. The second kappa shape index (κ2) is 7.73. The van der Waals surface area contributed by atoms with E-state index in [1.54, 1.807) is 0 Å². The largest absolute Gasteiger partial charge is 0.508 e. The van der Waals surface area contributed by atoms with Crippen molar-refractivity contribution < 1.29 is 54.8 Å². The summed E-state index contributed by atoms with van der Waals surface area (Å²) < 4.78 is 10.8. The van der Waals surface area contributed by atoms with Gasteiger partial charge in [0.05, 0.1) is 17.7 Å². The van der Waals surface area contributed by atoms with Crippen molar-refractivity contribution in [3.05, 3.63) is 46.0 Å². The highest BCUT2D eigenvalue weighted by Crippen LogP contribution is 2.44. The summed E-state index contributed by atoms with van der Waals surface area (Å²) in [5.74, 6) is -3.85. The summed E-state index contributed by atoms with van der Waals surface area (Å²) in [5, 5.41) is 70.0. The fourth-order valence-corrected chi connectivity index (χ4v) is 3.88. The van der Waals surface area contributed by atoms with Crippen LogP contribution in [0.15, 0.2) is 18.2 Å². The number of carbonyl (C=O) groups excluding carboxylic acids is 2. The predicted molar refractivity (Wildman–Crippen MR) is 104 cm³/mol. The van der Waals surface area contributed by atoms with Gasteiger partial charge >= 0.3 is 0 Å². The van der Waals surface area contributed by atoms with E-state index in [2.05, 4.69) is 0 Å². The van der Waals surface area contributed by atoms with E-state index in [9.17, 15) is 45.3 Å². The lowest BCUT2D eigenvalue weighted by atomic mass is 9.82. The molecule has 0 spiro atoms. The summed E-state index contributed by atoms with van der Waals surface area (Å²) in [5.41, 5.74) is -1.16. The number of ketones is 2. The van der Waals surface area contributed by atoms with Crippen molar-refractivity contribution in [1.82, 2.24) is 0 Å². The highest BCUT2D eigenvalue weighted by molar-refractivity contribution is 6.30. The minimum atomic E-state index is -1.84. The van der Waals surface area contributed by atoms with Crippen molar-refractivity contribution in [3.63, 3.8) is 0 Å². The van der Waals surface area contributed by atoms with Crippen molar-refractivity contribution in [2.24, 2.45) is 0 Å². The molecule has 0 unspecified atom stereocenters. The maximum atomic E-state index is 13.2. The first-order valence-electron chi connectivity index (χ1n) is 9.55. The average Bonchev–Trinajstić information content (AvgIpc) is 2.74. The fourth-order valence-electron chi connectivity index (χ4n) is 3.88. The maximum absolute atomic E-state index is 13.2. The van der Waals surface area contributed by atoms with E-state index in [4.69, 9.17) is 9.47 Å². The number of benzene rings is 2. The number of ether oxygens (including phenoxy) is 2. The molecule has 11 heteroatoms. The summed E-state index contributed by atoms with van der Waals surface area (Å²) >= 11 is 0. The van der Waals surface area contributed by atoms with Gasteiger partial charge in [-0.2, -0.15) is 0 Å². The van der Waals surface area contributed by atoms with E-state index in [1.165, 1.54) is 13.0 Å². The molecule has 2 aromatic rings. The van der Waals surface area contributed by atoms with Crippen molar-refractivity contribution in [2.45, 2.75) is 37.6 Å². The Hall–Kier alpha value is -3.22. The third-order valence-electron chi connectivity index (χ3n) is 5.57. The summed E-state index contributed by atoms with van der Waals surface area (Å²) in [6, 6.07) is 3.13. The Morgan fingerprint density at radius 1 is 0.906 bits per heavy atom. The van der Waals surface area contributed by atoms with Gasteiger partial charge in [-0.1, -0.05) is 0 Å². The average molecular weight is 448 g/mol. The molecule has 0 radical (unpaired) electrons. The quantitative estimate of drug-likeness (QED) is 0.261. The van der Waals surface area contributed by atoms with Crippen LogP contribution >= 0.6 is 0 Å². The zero-order valence-electron chi connectivity index (χ0n) is 16.6. The van der Waals surface area contributed by atoms with Crippen LogP contribution < -0.4 is 4.74 Å². The second-order valence-corrected chi connectivity index (χ2v) is 7.65. The molecule has 1 saturated heterocycles. The van der Waals surface area contributed by atoms with Gasteiger partial charge in [-0.3, -0.25) is 9.59 Å². The molecule has 1 fully saturated rings. The van der Waals surface area contributed by atoms with Crippen LogP contribution in [0.4, 0.5) is 0 Å². The molecule has 0 saturated carbocycles. The molecule has 2 aromatic carbocycles. The van der Waals surface area contributed by atoms with Crippen molar-refractivity contribution in [3.8, 4) is 23.0 Å². The number of aliphatic hydroxyl groups is 4. The number of hydrogen-bond acceptors (Lipinski definition) is 11. The smallest absolute Gasteiger partial charge is 0.229 e. The van der Waals surface area contributed by atoms with Crippen LogP contribution in [0.25, 0.3) is 0 Å². The molecule has 11 nitrogen and oxygen atoms in total. The first-order valence-corrected chi connectivity index (χ1v) is 9.55. The van der Waals surface area contributed by atoms with Crippen LogP contribution in [0.3, 0.4) is 0 Å². The van der Waals surface area contributed by atoms with Gasteiger partial charge in [0, 0.05) is 17.2 Å². The molecule has 0 aromatic heterocycles. The standard InChI is InChI=1S/C21H20O11/c1-6-2-8-13(17(28)12-9(15(8)26)3-7(23)4-10(12)24)20(14(6)25)32-21-19(30)18(29)16(27)11(5-22)31-21/h2-4,11,16,18-19,21-25,27,29-30H,5H2,1H3/t11-,16-,18+,19-,21+/m1/s1. The number of hydrogen-bond donors (Lipinski definition) is 7. The zero-order chi connectivity index (χ0) is 23.5. The monoisotopic (exact) mass is 448 g/mol. The van der Waals surface area contributed by atoms with E-state index in [1.807, 2.05) is 0 Å². The van der Waals surface area contributed by atoms with Gasteiger partial charge in [-0.15, -0.1) is 0 Å². The summed E-state index contributed by atoms with van der Waals surface area (Å²) in [7, 11) is 0. The highest BCUT2D eigenvalue weighted by Gasteiger charge is 2.46. The highest BCUT2D eigenvalue weighted by atomic mass is 16.7. The minimum absolute atomic E-state index is 0.123. The number of carbonyl (C=O) groups is 2. The van der Waals surface area contributed by atoms with Crippen LogP contribution in [0.5, 0.6) is 23.0 Å². The lowest BCUT2D eigenvalue weighted by Gasteiger charge is -2.40. The van der Waals surface area contributed by atoms with Gasteiger partial charge < -0.3 is 45.2 Å². The molecule has 0 amide bonds. The second-order valence-electron chi connectivity index (χ2n) is 7.65. The molecule has 7 N–H and O–H groups in total. The van der Waals surface area contributed by atoms with Gasteiger partial charge in [0.15, 0.2) is 17.3 Å². The fraction of sp³-hybridized carbons (Fsp3) is 0.333. The Morgan fingerprint density at radius 2 is 1.56 bits per heavy atom. The number of fused-ring (bicyclic) bond motifs is 2. The minimum Gasteiger partial charge on any atom is -0.508 e. The summed E-state index contributed by atoms with van der Waals surface area (Å²) in [6.07, 6.45) is -8.32. The Balaban J connectivity index is 1.85. The van der Waals surface area contributed by atoms with E-state index >= 15 is 0 Å². The molecular formula is C21H20O11. The van der Waals surface area contributed by atoms with Gasteiger partial charge in [0.2, 0.25) is 12.1 Å². The molecular weight excluding hydrogens is 428 g/mol. The third kappa shape index (κ3) is 3.18. The molecule has 4 rings (SSSR count). The van der Waals surface area contributed by atoms with Crippen LogP contribution in [0, 0.1) is 6.92 Å². The van der Waals surface area contributed by atoms with E-state index in [0.717, 1.165) is 12.1 Å². The summed E-state index contributed by atoms with van der Waals surface area (Å²) in [4.78, 5) is 26.2. The van der Waals surface area contributed by atoms with Crippen molar-refractivity contribution in [2.75, 3.05) is 6.61 Å². The topological polar surface area (TPSA) is 194 Å². The predicted octanol–water partition coefficient (Wildman–Crippen LogP) is -0.934. The Morgan fingerprint density at radius 3 is 2.22 bits per heavy atom. The van der Waals surface area contributed by atoms with Gasteiger partial charge in [-0.05, 0) is 24.6 Å². The van der Waals surface area contributed by atoms with Crippen LogP contribution in [-0.2, 0) is 4.74 Å². The Labute approximate surface area is 180 Å². The lowest BCUT2D eigenvalue weighted by molar-refractivity contribution is -0.277. The van der Waals surface area contributed by atoms with E-state index in [-0.39, 0.29) is 16.7 Å². The van der Waals surface area contributed by atoms with Crippen LogP contribution in [0.1, 0.15) is 37.4 Å². The normalized spacial score (nSPS) is 27.1. The molecule has 1 aliphatic heterocycles. The summed E-state index contributed by atoms with van der Waals surface area (Å²) in [6.45, 7) is 0.688. The molecule has 1 aliphatic carbocycles. The van der Waals surface area contributed by atoms with Gasteiger partial charge in [0.25, 0.3) is 0 Å². The molecule has 2 aliphatic rings. The number of aryl methyl sites for hydroxylation is 1. The number of phenolic OH excluding ortho intramolecular Hbond substituents is 3. The number of aromatic hydroxyl groups is 3. The Bertz CT molecular complexity index is 1120. The van der Waals surface area contributed by atoms with E-state index in [0.29, 0.717) is 0 Å².